The summed E-state index contributed by atoms with van der Waals surface area (Å²) in [5.74, 6) is -0.700. The molecule has 2 atom stereocenters. The van der Waals surface area contributed by atoms with Gasteiger partial charge < -0.3 is 10.4 Å². The van der Waals surface area contributed by atoms with Gasteiger partial charge in [0.05, 0.1) is 12.1 Å². The van der Waals surface area contributed by atoms with Gasteiger partial charge in [0, 0.05) is 11.3 Å². The topological polar surface area (TPSA) is 79.3 Å². The number of carbonyl (C=O) groups excluding carboxylic acids is 1. The molecule has 0 saturated heterocycles. The van der Waals surface area contributed by atoms with E-state index >= 15 is 0 Å². The van der Waals surface area contributed by atoms with Gasteiger partial charge in [0.15, 0.2) is 5.13 Å². The number of carboxylic acid groups (broad SMARTS) is 1. The number of aliphatic carboxylic acids is 1. The largest absolute Gasteiger partial charge is 0.481 e. The van der Waals surface area contributed by atoms with Crippen LogP contribution in [-0.2, 0) is 16.0 Å². The molecule has 2 aromatic rings. The van der Waals surface area contributed by atoms with Crippen LogP contribution in [0.15, 0.2) is 35.7 Å². The van der Waals surface area contributed by atoms with Crippen LogP contribution in [0.3, 0.4) is 0 Å². The molecule has 1 amide bonds. The second-order valence-corrected chi connectivity index (χ2v) is 5.92. The highest BCUT2D eigenvalue weighted by molar-refractivity contribution is 7.13. The predicted molar refractivity (Wildman–Crippen MR) is 79.4 cm³/mol. The first-order valence-corrected chi connectivity index (χ1v) is 7.53. The summed E-state index contributed by atoms with van der Waals surface area (Å²) in [6.45, 7) is 0. The smallest absolute Gasteiger partial charge is 0.309 e. The molecule has 0 spiro atoms. The minimum atomic E-state index is -0.926. The number of carbonyl (C=O) groups is 2. The second-order valence-electron chi connectivity index (χ2n) is 5.06. The summed E-state index contributed by atoms with van der Waals surface area (Å²) in [5, 5.41) is 13.6. The molecule has 5 nitrogen and oxygen atoms in total. The summed E-state index contributed by atoms with van der Waals surface area (Å²) in [6.07, 6.45) is 0.728. The van der Waals surface area contributed by atoms with Crippen LogP contribution in [0.5, 0.6) is 0 Å². The van der Waals surface area contributed by atoms with Crippen LogP contribution in [0.2, 0.25) is 0 Å². The summed E-state index contributed by atoms with van der Waals surface area (Å²) in [6, 6.07) is 9.97. The lowest BCUT2D eigenvalue weighted by atomic mass is 10.1. The van der Waals surface area contributed by atoms with Crippen molar-refractivity contribution < 1.29 is 14.7 Å². The van der Waals surface area contributed by atoms with Crippen LogP contribution >= 0.6 is 11.3 Å². The van der Waals surface area contributed by atoms with Crippen molar-refractivity contribution in [3.05, 3.63) is 47.0 Å². The second kappa shape index (κ2) is 5.65. The SMILES string of the molecule is O=C(O)Cc1csc(NC(=O)C2CC2c2ccccc2)n1. The number of hydrogen-bond acceptors (Lipinski definition) is 4. The number of benzene rings is 1. The molecule has 3 rings (SSSR count). The van der Waals surface area contributed by atoms with E-state index in [0.717, 1.165) is 6.42 Å². The molecule has 1 aliphatic carbocycles. The quantitative estimate of drug-likeness (QED) is 0.889. The summed E-state index contributed by atoms with van der Waals surface area (Å²) >= 11 is 1.26. The number of anilines is 1. The first-order valence-electron chi connectivity index (χ1n) is 6.65. The van der Waals surface area contributed by atoms with Crippen LogP contribution < -0.4 is 5.32 Å². The van der Waals surface area contributed by atoms with Crippen LogP contribution in [0, 0.1) is 5.92 Å². The fourth-order valence-electron chi connectivity index (χ4n) is 2.35. The number of thiazole rings is 1. The molecule has 0 aliphatic heterocycles. The van der Waals surface area contributed by atoms with Crippen LogP contribution in [-0.4, -0.2) is 22.0 Å². The summed E-state index contributed by atoms with van der Waals surface area (Å²) < 4.78 is 0. The Hall–Kier alpha value is -2.21. The Balaban J connectivity index is 1.58. The first-order chi connectivity index (χ1) is 10.1. The van der Waals surface area contributed by atoms with E-state index in [1.807, 2.05) is 30.3 Å². The molecule has 1 fully saturated rings. The number of rotatable bonds is 5. The van der Waals surface area contributed by atoms with E-state index in [-0.39, 0.29) is 24.2 Å². The lowest BCUT2D eigenvalue weighted by Gasteiger charge is -2.01. The number of hydrogen-bond donors (Lipinski definition) is 2. The van der Waals surface area contributed by atoms with Gasteiger partial charge in [-0.05, 0) is 17.9 Å². The average Bonchev–Trinajstić information content (AvgIpc) is 3.16. The molecule has 2 N–H and O–H groups in total. The van der Waals surface area contributed by atoms with Gasteiger partial charge in [0.25, 0.3) is 0 Å². The zero-order chi connectivity index (χ0) is 14.8. The number of nitrogens with one attached hydrogen (secondary N) is 1. The monoisotopic (exact) mass is 302 g/mol. The Morgan fingerprint density at radius 1 is 1.33 bits per heavy atom. The number of aromatic nitrogens is 1. The van der Waals surface area contributed by atoms with Crippen LogP contribution in [0.25, 0.3) is 0 Å². The molecular formula is C15H14N2O3S. The Morgan fingerprint density at radius 2 is 2.10 bits per heavy atom. The molecule has 1 aromatic carbocycles. The molecule has 1 aromatic heterocycles. The van der Waals surface area contributed by atoms with E-state index in [0.29, 0.717) is 10.8 Å². The predicted octanol–water partition coefficient (Wildman–Crippen LogP) is 2.51. The zero-order valence-corrected chi connectivity index (χ0v) is 12.0. The van der Waals surface area contributed by atoms with E-state index in [9.17, 15) is 9.59 Å². The van der Waals surface area contributed by atoms with Gasteiger partial charge in [-0.15, -0.1) is 11.3 Å². The Labute approximate surface area is 125 Å². The van der Waals surface area contributed by atoms with Crippen molar-refractivity contribution in [2.45, 2.75) is 18.8 Å². The standard InChI is InChI=1S/C15H14N2O3S/c18-13(19)6-10-8-21-15(16-10)17-14(20)12-7-11(12)9-4-2-1-3-5-9/h1-5,8,11-12H,6-7H2,(H,18,19)(H,16,17,20). The van der Waals surface area contributed by atoms with Gasteiger partial charge in [-0.1, -0.05) is 30.3 Å². The van der Waals surface area contributed by atoms with Gasteiger partial charge in [0.1, 0.15) is 0 Å². The molecular weight excluding hydrogens is 288 g/mol. The van der Waals surface area contributed by atoms with Crippen LogP contribution in [0.1, 0.15) is 23.6 Å². The van der Waals surface area contributed by atoms with E-state index in [4.69, 9.17) is 5.11 Å². The van der Waals surface area contributed by atoms with Crippen molar-refractivity contribution in [3.63, 3.8) is 0 Å². The first kappa shape index (κ1) is 13.8. The Morgan fingerprint density at radius 3 is 2.81 bits per heavy atom. The normalized spacial score (nSPS) is 20.0. The van der Waals surface area contributed by atoms with E-state index < -0.39 is 5.97 Å². The van der Waals surface area contributed by atoms with E-state index in [1.54, 1.807) is 5.38 Å². The molecule has 1 heterocycles. The van der Waals surface area contributed by atoms with Crippen molar-refractivity contribution in [3.8, 4) is 0 Å². The summed E-state index contributed by atoms with van der Waals surface area (Å²) in [7, 11) is 0. The summed E-state index contributed by atoms with van der Waals surface area (Å²) in [4.78, 5) is 26.8. The third kappa shape index (κ3) is 3.28. The molecule has 1 aliphatic rings. The minimum absolute atomic E-state index is 0.0146. The third-order valence-electron chi connectivity index (χ3n) is 3.47. The van der Waals surface area contributed by atoms with Gasteiger partial charge in [-0.25, -0.2) is 4.98 Å². The fourth-order valence-corrected chi connectivity index (χ4v) is 3.07. The molecule has 0 radical (unpaired) electrons. The van der Waals surface area contributed by atoms with Gasteiger partial charge in [0.2, 0.25) is 5.91 Å². The maximum Gasteiger partial charge on any atom is 0.309 e. The maximum absolute atomic E-state index is 12.1. The van der Waals surface area contributed by atoms with Gasteiger partial charge >= 0.3 is 5.97 Å². The van der Waals surface area contributed by atoms with Crippen molar-refractivity contribution in [1.82, 2.24) is 4.98 Å². The highest BCUT2D eigenvalue weighted by Crippen LogP contribution is 2.47. The van der Waals surface area contributed by atoms with Crippen molar-refractivity contribution in [1.29, 1.82) is 0 Å². The molecule has 2 unspecified atom stereocenters. The van der Waals surface area contributed by atoms with E-state index in [1.165, 1.54) is 16.9 Å². The Bertz CT molecular complexity index is 669. The molecule has 6 heteroatoms. The number of amides is 1. The number of nitrogens with zero attached hydrogens (tertiary/aromatic N) is 1. The molecule has 1 saturated carbocycles. The van der Waals surface area contributed by atoms with Crippen molar-refractivity contribution in [2.75, 3.05) is 5.32 Å². The lowest BCUT2D eigenvalue weighted by molar-refractivity contribution is -0.136. The highest BCUT2D eigenvalue weighted by Gasteiger charge is 2.44. The molecule has 21 heavy (non-hydrogen) atoms. The van der Waals surface area contributed by atoms with Gasteiger partial charge in [-0.2, -0.15) is 0 Å². The summed E-state index contributed by atoms with van der Waals surface area (Å²) in [5.41, 5.74) is 1.65. The molecule has 0 bridgehead atoms. The molecule has 108 valence electrons. The van der Waals surface area contributed by atoms with E-state index in [2.05, 4.69) is 10.3 Å². The Kier molecular flexibility index (Phi) is 3.70. The fraction of sp³-hybridized carbons (Fsp3) is 0.267. The average molecular weight is 302 g/mol. The van der Waals surface area contributed by atoms with Crippen LogP contribution in [0.4, 0.5) is 5.13 Å². The number of carboxylic acids is 1. The lowest BCUT2D eigenvalue weighted by Crippen LogP contribution is -2.14. The maximum atomic E-state index is 12.1. The van der Waals surface area contributed by atoms with Crippen molar-refractivity contribution in [2.24, 2.45) is 5.92 Å². The minimum Gasteiger partial charge on any atom is -0.481 e. The highest BCUT2D eigenvalue weighted by atomic mass is 32.1. The third-order valence-corrected chi connectivity index (χ3v) is 4.28. The zero-order valence-electron chi connectivity index (χ0n) is 11.2. The van der Waals surface area contributed by atoms with Gasteiger partial charge in [-0.3, -0.25) is 9.59 Å². The van der Waals surface area contributed by atoms with Crippen molar-refractivity contribution >= 4 is 28.3 Å².